The van der Waals surface area contributed by atoms with Crippen LogP contribution in [0.4, 0.5) is 0 Å². The molecule has 1 rings (SSSR count). The van der Waals surface area contributed by atoms with Crippen LogP contribution in [-0.2, 0) is 6.54 Å². The molecular formula is C11H19N5O. The third kappa shape index (κ3) is 3.82. The summed E-state index contributed by atoms with van der Waals surface area (Å²) >= 11 is 0. The summed E-state index contributed by atoms with van der Waals surface area (Å²) in [5.74, 6) is 1.72. The number of nitrogens with zero attached hydrogens (tertiary/aromatic N) is 2. The van der Waals surface area contributed by atoms with E-state index in [4.69, 9.17) is 9.83 Å². The number of aryl methyl sites for hydroxylation is 1. The summed E-state index contributed by atoms with van der Waals surface area (Å²) in [5.41, 5.74) is 1.07. The largest absolute Gasteiger partial charge is 0.469 e. The second-order valence-corrected chi connectivity index (χ2v) is 3.80. The molecule has 1 aromatic heterocycles. The maximum atomic E-state index is 7.65. The number of hydrogen-bond donors (Lipinski definition) is 3. The van der Waals surface area contributed by atoms with Gasteiger partial charge in [0.1, 0.15) is 5.76 Å². The molecule has 1 heterocycles. The Morgan fingerprint density at radius 1 is 1.53 bits per heavy atom. The van der Waals surface area contributed by atoms with Crippen LogP contribution in [-0.4, -0.2) is 38.0 Å². The molecule has 6 heteroatoms. The van der Waals surface area contributed by atoms with E-state index >= 15 is 0 Å². The zero-order chi connectivity index (χ0) is 12.8. The fourth-order valence-electron chi connectivity index (χ4n) is 1.18. The van der Waals surface area contributed by atoms with Gasteiger partial charge < -0.3 is 14.6 Å². The molecule has 0 aliphatic rings. The number of aliphatic imine (C=N–C) groups is 1. The molecule has 0 radical (unpaired) electrons. The monoisotopic (exact) mass is 237 g/mol. The number of guanidine groups is 2. The molecule has 94 valence electrons. The van der Waals surface area contributed by atoms with Crippen molar-refractivity contribution in [1.29, 1.82) is 5.41 Å². The number of furan rings is 1. The quantitative estimate of drug-likeness (QED) is 0.524. The summed E-state index contributed by atoms with van der Waals surface area (Å²) in [6, 6.07) is 1.91. The highest BCUT2D eigenvalue weighted by atomic mass is 16.3. The van der Waals surface area contributed by atoms with E-state index in [1.807, 2.05) is 13.0 Å². The summed E-state index contributed by atoms with van der Waals surface area (Å²) in [7, 11) is 5.26. The van der Waals surface area contributed by atoms with Crippen LogP contribution < -0.4 is 10.6 Å². The minimum atomic E-state index is 0.280. The lowest BCUT2D eigenvalue weighted by Gasteiger charge is -2.17. The Kier molecular flexibility index (Phi) is 4.56. The molecule has 0 saturated carbocycles. The second-order valence-electron chi connectivity index (χ2n) is 3.80. The van der Waals surface area contributed by atoms with Crippen LogP contribution in [0.5, 0.6) is 0 Å². The standard InChI is InChI=1S/C11H19N5O/c1-8-9(5-6-17-8)7-14-11(13-2)15-10(12)16(3)4/h5-6H,7H2,1-4H3,(H3,12,13,14,15). The highest BCUT2D eigenvalue weighted by Crippen LogP contribution is 2.07. The Labute approximate surface area is 101 Å². The van der Waals surface area contributed by atoms with E-state index in [9.17, 15) is 0 Å². The molecular weight excluding hydrogens is 218 g/mol. The van der Waals surface area contributed by atoms with Gasteiger partial charge >= 0.3 is 0 Å². The zero-order valence-corrected chi connectivity index (χ0v) is 10.7. The van der Waals surface area contributed by atoms with Crippen molar-refractivity contribution in [2.24, 2.45) is 4.99 Å². The highest BCUT2D eigenvalue weighted by molar-refractivity contribution is 5.96. The highest BCUT2D eigenvalue weighted by Gasteiger charge is 2.05. The van der Waals surface area contributed by atoms with Crippen LogP contribution in [0.3, 0.4) is 0 Å². The van der Waals surface area contributed by atoms with E-state index in [-0.39, 0.29) is 5.96 Å². The van der Waals surface area contributed by atoms with Crippen molar-refractivity contribution in [1.82, 2.24) is 15.5 Å². The van der Waals surface area contributed by atoms with Gasteiger partial charge in [-0.1, -0.05) is 0 Å². The minimum absolute atomic E-state index is 0.280. The molecule has 0 bridgehead atoms. The molecule has 1 aromatic rings. The topological polar surface area (TPSA) is 76.6 Å². The molecule has 0 saturated heterocycles. The third-order valence-electron chi connectivity index (χ3n) is 2.32. The molecule has 6 nitrogen and oxygen atoms in total. The molecule has 0 aliphatic carbocycles. The van der Waals surface area contributed by atoms with E-state index in [0.29, 0.717) is 12.5 Å². The van der Waals surface area contributed by atoms with Crippen LogP contribution in [0.1, 0.15) is 11.3 Å². The first kappa shape index (κ1) is 13.1. The Bertz CT molecular complexity index is 408. The average molecular weight is 237 g/mol. The van der Waals surface area contributed by atoms with Crippen molar-refractivity contribution in [3.8, 4) is 0 Å². The fraction of sp³-hybridized carbons (Fsp3) is 0.455. The summed E-state index contributed by atoms with van der Waals surface area (Å²) in [4.78, 5) is 5.70. The van der Waals surface area contributed by atoms with Crippen molar-refractivity contribution < 1.29 is 4.42 Å². The van der Waals surface area contributed by atoms with Crippen molar-refractivity contribution in [2.75, 3.05) is 21.1 Å². The van der Waals surface area contributed by atoms with Crippen molar-refractivity contribution in [2.45, 2.75) is 13.5 Å². The van der Waals surface area contributed by atoms with Crippen molar-refractivity contribution in [3.63, 3.8) is 0 Å². The molecule has 0 atom stereocenters. The minimum Gasteiger partial charge on any atom is -0.469 e. The van der Waals surface area contributed by atoms with Gasteiger partial charge in [-0.3, -0.25) is 15.7 Å². The van der Waals surface area contributed by atoms with Crippen molar-refractivity contribution >= 4 is 11.9 Å². The van der Waals surface area contributed by atoms with Crippen LogP contribution in [0.15, 0.2) is 21.7 Å². The zero-order valence-electron chi connectivity index (χ0n) is 10.7. The predicted octanol–water partition coefficient (Wildman–Crippen LogP) is 0.749. The predicted molar refractivity (Wildman–Crippen MR) is 68.2 cm³/mol. The number of nitrogens with one attached hydrogen (secondary N) is 3. The van der Waals surface area contributed by atoms with E-state index < -0.39 is 0 Å². The van der Waals surface area contributed by atoms with Crippen LogP contribution in [0, 0.1) is 12.3 Å². The lowest BCUT2D eigenvalue weighted by molar-refractivity contribution is 0.529. The Morgan fingerprint density at radius 2 is 2.24 bits per heavy atom. The molecule has 0 fully saturated rings. The van der Waals surface area contributed by atoms with E-state index in [1.54, 1.807) is 32.3 Å². The van der Waals surface area contributed by atoms with Gasteiger partial charge in [0.15, 0.2) is 11.9 Å². The Hall–Kier alpha value is -1.98. The lowest BCUT2D eigenvalue weighted by Crippen LogP contribution is -2.45. The SMILES string of the molecule is C/N=C(/NCc1ccoc1C)NC(=N)N(C)C. The molecule has 0 spiro atoms. The summed E-state index contributed by atoms with van der Waals surface area (Å²) in [5, 5.41) is 13.6. The van der Waals surface area contributed by atoms with E-state index in [2.05, 4.69) is 15.6 Å². The Morgan fingerprint density at radius 3 is 2.71 bits per heavy atom. The van der Waals surface area contributed by atoms with E-state index in [0.717, 1.165) is 11.3 Å². The molecule has 0 amide bonds. The van der Waals surface area contributed by atoms with Gasteiger partial charge in [0.2, 0.25) is 0 Å². The van der Waals surface area contributed by atoms with Gasteiger partial charge in [-0.15, -0.1) is 0 Å². The van der Waals surface area contributed by atoms with Gasteiger partial charge in [-0.2, -0.15) is 0 Å². The van der Waals surface area contributed by atoms with Crippen LogP contribution in [0.2, 0.25) is 0 Å². The fourth-order valence-corrected chi connectivity index (χ4v) is 1.18. The molecule has 17 heavy (non-hydrogen) atoms. The maximum Gasteiger partial charge on any atom is 0.198 e. The molecule has 0 aromatic carbocycles. The van der Waals surface area contributed by atoms with Crippen LogP contribution >= 0.6 is 0 Å². The number of rotatable bonds is 2. The van der Waals surface area contributed by atoms with Crippen LogP contribution in [0.25, 0.3) is 0 Å². The summed E-state index contributed by atoms with van der Waals surface area (Å²) in [6.07, 6.45) is 1.66. The Balaban J connectivity index is 2.49. The van der Waals surface area contributed by atoms with Gasteiger partial charge in [-0.25, -0.2) is 0 Å². The normalized spacial score (nSPS) is 11.2. The van der Waals surface area contributed by atoms with Gasteiger partial charge in [0.05, 0.1) is 6.26 Å². The first-order valence-corrected chi connectivity index (χ1v) is 5.31. The molecule has 0 aliphatic heterocycles. The summed E-state index contributed by atoms with van der Waals surface area (Å²) < 4.78 is 5.20. The second kappa shape index (κ2) is 5.93. The number of hydrogen-bond acceptors (Lipinski definition) is 3. The van der Waals surface area contributed by atoms with Gasteiger partial charge in [-0.05, 0) is 13.0 Å². The first-order chi connectivity index (χ1) is 8.04. The first-order valence-electron chi connectivity index (χ1n) is 5.31. The van der Waals surface area contributed by atoms with E-state index in [1.165, 1.54) is 0 Å². The van der Waals surface area contributed by atoms with Gasteiger partial charge in [0.25, 0.3) is 0 Å². The third-order valence-corrected chi connectivity index (χ3v) is 2.32. The lowest BCUT2D eigenvalue weighted by atomic mass is 10.2. The molecule has 3 N–H and O–H groups in total. The smallest absolute Gasteiger partial charge is 0.198 e. The van der Waals surface area contributed by atoms with Crippen molar-refractivity contribution in [3.05, 3.63) is 23.7 Å². The average Bonchev–Trinajstić information content (AvgIpc) is 2.69. The molecule has 0 unspecified atom stereocenters. The van der Waals surface area contributed by atoms with Gasteiger partial charge in [0, 0.05) is 33.3 Å². The summed E-state index contributed by atoms with van der Waals surface area (Å²) in [6.45, 7) is 2.53. The maximum absolute atomic E-state index is 7.65.